The van der Waals surface area contributed by atoms with E-state index in [9.17, 15) is 41.3 Å². The van der Waals surface area contributed by atoms with E-state index in [0.29, 0.717) is 10.6 Å². The maximum Gasteiger partial charge on any atom is 0.433 e. The number of alkyl halides is 6. The van der Waals surface area contributed by atoms with E-state index in [4.69, 9.17) is 11.6 Å². The van der Waals surface area contributed by atoms with Crippen molar-refractivity contribution in [1.82, 2.24) is 9.55 Å². The second kappa shape index (κ2) is 7.14. The van der Waals surface area contributed by atoms with Gasteiger partial charge in [-0.1, -0.05) is 18.2 Å². The third-order valence-corrected chi connectivity index (χ3v) is 3.55. The Hall–Kier alpha value is -3.09. The molecular weight excluding hydrogens is 422 g/mol. The number of nitrogens with zero attached hydrogens (tertiary/aromatic N) is 3. The number of hydrogen-bond acceptors (Lipinski definition) is 5. The van der Waals surface area contributed by atoms with Gasteiger partial charge in [-0.3, -0.25) is 19.5 Å². The van der Waals surface area contributed by atoms with Crippen LogP contribution in [0.4, 0.5) is 43.7 Å². The molecule has 2 aromatic rings. The van der Waals surface area contributed by atoms with Crippen molar-refractivity contribution in [2.24, 2.45) is 0 Å². The molecule has 1 aromatic heterocycles. The first-order valence-electron chi connectivity index (χ1n) is 6.91. The van der Waals surface area contributed by atoms with Gasteiger partial charge in [0.1, 0.15) is 5.69 Å². The Labute approximate surface area is 156 Å². The van der Waals surface area contributed by atoms with E-state index in [-0.39, 0.29) is 12.1 Å². The molecule has 0 saturated carbocycles. The molecule has 0 aliphatic carbocycles. The van der Waals surface area contributed by atoms with E-state index in [1.807, 2.05) is 5.32 Å². The second-order valence-electron chi connectivity index (χ2n) is 5.09. The molecule has 0 unspecified atom stereocenters. The molecular formula is C14H7ClF6N4O3. The Morgan fingerprint density at radius 3 is 2.25 bits per heavy atom. The number of aromatic nitrogens is 2. The molecule has 7 nitrogen and oxygen atoms in total. The lowest BCUT2D eigenvalue weighted by molar-refractivity contribution is -0.384. The monoisotopic (exact) mass is 428 g/mol. The molecule has 0 bridgehead atoms. The van der Waals surface area contributed by atoms with Gasteiger partial charge in [-0.05, 0) is 6.07 Å². The maximum absolute atomic E-state index is 12.9. The molecule has 1 aromatic carbocycles. The fourth-order valence-corrected chi connectivity index (χ4v) is 2.30. The zero-order valence-electron chi connectivity index (χ0n) is 13.2. The van der Waals surface area contributed by atoms with Crippen LogP contribution in [-0.2, 0) is 12.4 Å². The van der Waals surface area contributed by atoms with Gasteiger partial charge in [-0.25, -0.2) is 4.98 Å². The summed E-state index contributed by atoms with van der Waals surface area (Å²) in [6.07, 6.45) is -9.25. The highest BCUT2D eigenvalue weighted by atomic mass is 35.5. The first-order valence-corrected chi connectivity index (χ1v) is 7.29. The van der Waals surface area contributed by atoms with Crippen LogP contribution in [0.3, 0.4) is 0 Å². The number of nitrogens with one attached hydrogen (secondary N) is 1. The average Bonchev–Trinajstić information content (AvgIpc) is 2.54. The lowest BCUT2D eigenvalue weighted by Crippen LogP contribution is -2.24. The van der Waals surface area contributed by atoms with Crippen molar-refractivity contribution in [3.63, 3.8) is 0 Å². The zero-order chi connectivity index (χ0) is 21.4. The van der Waals surface area contributed by atoms with Crippen molar-refractivity contribution in [3.05, 3.63) is 61.5 Å². The van der Waals surface area contributed by atoms with Crippen LogP contribution in [0.2, 0.25) is 5.02 Å². The van der Waals surface area contributed by atoms with Crippen LogP contribution in [0.1, 0.15) is 11.3 Å². The van der Waals surface area contributed by atoms with Crippen LogP contribution in [0.25, 0.3) is 6.20 Å². The number of rotatable bonds is 4. The lowest BCUT2D eigenvalue weighted by Gasteiger charge is -2.15. The third-order valence-electron chi connectivity index (χ3n) is 3.26. The van der Waals surface area contributed by atoms with Gasteiger partial charge in [0.25, 0.3) is 11.2 Å². The molecule has 1 heterocycles. The van der Waals surface area contributed by atoms with Crippen molar-refractivity contribution in [1.29, 1.82) is 0 Å². The third kappa shape index (κ3) is 4.24. The molecule has 0 atom stereocenters. The standard InChI is InChI=1S/C14H7ClF6N4O3/c1-2-24-10(26)5-9(14(19,20)21)22-12(24)23-11-7(15)3-6(13(16,17)18)4-8(11)25(27)28/h2-5H,1H2,(H,22,23). The van der Waals surface area contributed by atoms with Gasteiger partial charge in [0, 0.05) is 18.3 Å². The zero-order valence-corrected chi connectivity index (χ0v) is 14.0. The van der Waals surface area contributed by atoms with Crippen molar-refractivity contribution in [2.45, 2.75) is 12.4 Å². The Kier molecular flexibility index (Phi) is 5.41. The average molecular weight is 429 g/mol. The lowest BCUT2D eigenvalue weighted by atomic mass is 10.1. The van der Waals surface area contributed by atoms with Gasteiger partial charge in [0.2, 0.25) is 5.95 Å². The van der Waals surface area contributed by atoms with Gasteiger partial charge >= 0.3 is 12.4 Å². The molecule has 0 radical (unpaired) electrons. The summed E-state index contributed by atoms with van der Waals surface area (Å²) in [4.78, 5) is 24.9. The summed E-state index contributed by atoms with van der Waals surface area (Å²) in [5.74, 6) is -0.889. The highest BCUT2D eigenvalue weighted by Crippen LogP contribution is 2.41. The first kappa shape index (κ1) is 21.2. The van der Waals surface area contributed by atoms with Gasteiger partial charge in [0.05, 0.1) is 15.5 Å². The fraction of sp³-hybridized carbons (Fsp3) is 0.143. The summed E-state index contributed by atoms with van der Waals surface area (Å²) < 4.78 is 77.6. The summed E-state index contributed by atoms with van der Waals surface area (Å²) >= 11 is 5.67. The van der Waals surface area contributed by atoms with Crippen LogP contribution in [0, 0.1) is 10.1 Å². The van der Waals surface area contributed by atoms with Crippen LogP contribution < -0.4 is 10.9 Å². The fourth-order valence-electron chi connectivity index (χ4n) is 2.04. The Bertz CT molecular complexity index is 1020. The molecule has 0 saturated heterocycles. The minimum Gasteiger partial charge on any atom is -0.318 e. The van der Waals surface area contributed by atoms with Crippen molar-refractivity contribution in [3.8, 4) is 0 Å². The smallest absolute Gasteiger partial charge is 0.318 e. The van der Waals surface area contributed by atoms with Crippen molar-refractivity contribution >= 4 is 35.1 Å². The van der Waals surface area contributed by atoms with Gasteiger partial charge < -0.3 is 5.32 Å². The molecule has 14 heteroatoms. The minimum absolute atomic E-state index is 0.137. The Morgan fingerprint density at radius 1 is 1.18 bits per heavy atom. The van der Waals surface area contributed by atoms with Crippen LogP contribution in [-0.4, -0.2) is 14.5 Å². The first-order chi connectivity index (χ1) is 12.8. The topological polar surface area (TPSA) is 90.1 Å². The molecule has 0 fully saturated rings. The summed E-state index contributed by atoms with van der Waals surface area (Å²) in [5.41, 5.74) is -6.31. The quantitative estimate of drug-likeness (QED) is 0.433. The molecule has 2 rings (SSSR count). The predicted octanol–water partition coefficient (Wildman–Crippen LogP) is 4.69. The van der Waals surface area contributed by atoms with Gasteiger partial charge in [-0.15, -0.1) is 0 Å². The maximum atomic E-state index is 12.9. The Morgan fingerprint density at radius 2 is 1.79 bits per heavy atom. The number of nitro groups is 1. The van der Waals surface area contributed by atoms with Gasteiger partial charge in [0.15, 0.2) is 5.69 Å². The highest BCUT2D eigenvalue weighted by Gasteiger charge is 2.36. The summed E-state index contributed by atoms with van der Waals surface area (Å²) in [6.45, 7) is 3.20. The van der Waals surface area contributed by atoms with E-state index in [1.165, 1.54) is 0 Å². The summed E-state index contributed by atoms with van der Waals surface area (Å²) in [5, 5.41) is 12.3. The normalized spacial score (nSPS) is 12.0. The number of benzene rings is 1. The van der Waals surface area contributed by atoms with Crippen molar-refractivity contribution < 1.29 is 31.3 Å². The summed E-state index contributed by atoms with van der Waals surface area (Å²) in [7, 11) is 0. The van der Waals surface area contributed by atoms with E-state index in [0.717, 1.165) is 6.20 Å². The van der Waals surface area contributed by atoms with Gasteiger partial charge in [-0.2, -0.15) is 26.3 Å². The molecule has 0 spiro atoms. The minimum atomic E-state index is -5.04. The van der Waals surface area contributed by atoms with E-state index >= 15 is 0 Å². The molecule has 150 valence electrons. The van der Waals surface area contributed by atoms with E-state index < -0.39 is 56.4 Å². The number of anilines is 2. The van der Waals surface area contributed by atoms with Crippen LogP contribution in [0.15, 0.2) is 29.6 Å². The highest BCUT2D eigenvalue weighted by molar-refractivity contribution is 6.34. The molecule has 0 aliphatic heterocycles. The largest absolute Gasteiger partial charge is 0.433 e. The molecule has 1 N–H and O–H groups in total. The van der Waals surface area contributed by atoms with Crippen LogP contribution >= 0.6 is 11.6 Å². The number of hydrogen-bond donors (Lipinski definition) is 1. The second-order valence-corrected chi connectivity index (χ2v) is 5.49. The predicted molar refractivity (Wildman–Crippen MR) is 86.3 cm³/mol. The molecule has 0 amide bonds. The number of nitro benzene ring substituents is 1. The summed E-state index contributed by atoms with van der Waals surface area (Å²) in [6, 6.07) is 0.620. The SMILES string of the molecule is C=Cn1c(Nc2c(Cl)cc(C(F)(F)F)cc2[N+](=O)[O-])nc(C(F)(F)F)cc1=O. The molecule has 0 aliphatic rings. The Balaban J connectivity index is 2.72. The van der Waals surface area contributed by atoms with E-state index in [2.05, 4.69) is 11.6 Å². The number of halogens is 7. The molecule has 28 heavy (non-hydrogen) atoms. The van der Waals surface area contributed by atoms with Crippen molar-refractivity contribution in [2.75, 3.05) is 5.32 Å². The van der Waals surface area contributed by atoms with Crippen LogP contribution in [0.5, 0.6) is 0 Å². The van der Waals surface area contributed by atoms with E-state index in [1.54, 1.807) is 0 Å².